The third-order valence-electron chi connectivity index (χ3n) is 5.84. The first-order valence-electron chi connectivity index (χ1n) is 11.1. The molecule has 1 aromatic rings. The summed E-state index contributed by atoms with van der Waals surface area (Å²) < 4.78 is 133. The standard InChI is InChI=1S/C22H25F8N5O3S/c1-12(21(25,26)27)10-32-11-18(34(4)20(31-3)22(28,29)30)33-19(36)17-9-16(24)13(2)35(17)39(37,38)15-7-5-14(23)6-8-15/h5-8,10,13,16-18H,1,9,11H2,2-4H3,(H,33,36)/t13-,16+,17-,18?/m0/s1. The van der Waals surface area contributed by atoms with Crippen molar-refractivity contribution in [1.82, 2.24) is 14.5 Å². The summed E-state index contributed by atoms with van der Waals surface area (Å²) in [5.41, 5.74) is -1.42. The molecule has 1 unspecified atom stereocenters. The van der Waals surface area contributed by atoms with Crippen LogP contribution in [-0.4, -0.2) is 93.0 Å². The van der Waals surface area contributed by atoms with Crippen LogP contribution in [-0.2, 0) is 14.8 Å². The molecule has 8 nitrogen and oxygen atoms in total. The second kappa shape index (κ2) is 12.0. The van der Waals surface area contributed by atoms with Crippen LogP contribution < -0.4 is 5.32 Å². The Morgan fingerprint density at radius 3 is 2.26 bits per heavy atom. The maximum absolute atomic E-state index is 14.7. The monoisotopic (exact) mass is 591 g/mol. The van der Waals surface area contributed by atoms with Gasteiger partial charge in [-0.2, -0.15) is 30.6 Å². The third-order valence-corrected chi connectivity index (χ3v) is 7.85. The molecule has 1 N–H and O–H groups in total. The molecule has 1 amide bonds. The average molecular weight is 592 g/mol. The van der Waals surface area contributed by atoms with Crippen LogP contribution in [0.25, 0.3) is 0 Å². The Bertz CT molecular complexity index is 1220. The Labute approximate surface area is 219 Å². The number of sulfonamides is 1. The Morgan fingerprint density at radius 2 is 1.77 bits per heavy atom. The van der Waals surface area contributed by atoms with E-state index in [9.17, 15) is 48.3 Å². The van der Waals surface area contributed by atoms with Crippen molar-refractivity contribution in [3.8, 4) is 0 Å². The summed E-state index contributed by atoms with van der Waals surface area (Å²) in [6.45, 7) is 3.04. The van der Waals surface area contributed by atoms with Gasteiger partial charge in [0.2, 0.25) is 21.8 Å². The van der Waals surface area contributed by atoms with E-state index in [2.05, 4.69) is 21.9 Å². The van der Waals surface area contributed by atoms with Gasteiger partial charge in [0.25, 0.3) is 0 Å². The molecule has 1 aliphatic heterocycles. The van der Waals surface area contributed by atoms with Gasteiger partial charge < -0.3 is 10.2 Å². The SMILES string of the molecule is C=C(C=NCC(NC(=O)[C@@H]1C[C@@H](F)[C@H](C)N1S(=O)(=O)c1ccc(F)cc1)N(C)C(=NC)C(F)(F)F)C(F)(F)F. The van der Waals surface area contributed by atoms with Crippen molar-refractivity contribution >= 4 is 28.0 Å². The highest BCUT2D eigenvalue weighted by molar-refractivity contribution is 7.89. The first-order chi connectivity index (χ1) is 17.8. The number of carbonyl (C=O) groups is 1. The predicted octanol–water partition coefficient (Wildman–Crippen LogP) is 3.47. The van der Waals surface area contributed by atoms with Gasteiger partial charge >= 0.3 is 12.4 Å². The summed E-state index contributed by atoms with van der Waals surface area (Å²) >= 11 is 0. The van der Waals surface area contributed by atoms with E-state index in [-0.39, 0.29) is 6.21 Å². The molecule has 2 rings (SSSR count). The molecule has 0 saturated carbocycles. The maximum atomic E-state index is 14.7. The minimum absolute atomic E-state index is 0.254. The first kappa shape index (κ1) is 32.1. The number of aliphatic imine (C=N–C) groups is 2. The molecule has 1 aromatic carbocycles. The van der Waals surface area contributed by atoms with E-state index >= 15 is 0 Å². The fraction of sp³-hybridized carbons (Fsp3) is 0.500. The van der Waals surface area contributed by atoms with E-state index < -0.39 is 87.8 Å². The van der Waals surface area contributed by atoms with Crippen molar-refractivity contribution in [1.29, 1.82) is 0 Å². The third kappa shape index (κ3) is 7.52. The number of halogens is 8. The quantitative estimate of drug-likeness (QED) is 0.217. The fourth-order valence-corrected chi connectivity index (χ4v) is 5.60. The van der Waals surface area contributed by atoms with E-state index in [1.54, 1.807) is 0 Å². The number of rotatable bonds is 8. The highest BCUT2D eigenvalue weighted by Gasteiger charge is 2.50. The number of benzene rings is 1. The van der Waals surface area contributed by atoms with E-state index in [0.29, 0.717) is 9.21 Å². The van der Waals surface area contributed by atoms with Gasteiger partial charge in [-0.25, -0.2) is 17.2 Å². The molecular weight excluding hydrogens is 566 g/mol. The normalized spacial score (nSPS) is 22.2. The molecule has 0 aromatic heterocycles. The number of nitrogens with zero attached hydrogens (tertiary/aromatic N) is 4. The fourth-order valence-electron chi connectivity index (χ4n) is 3.79. The van der Waals surface area contributed by atoms with Gasteiger partial charge in [0.1, 0.15) is 24.2 Å². The maximum Gasteiger partial charge on any atom is 0.449 e. The topological polar surface area (TPSA) is 94.4 Å². The van der Waals surface area contributed by atoms with Crippen LogP contribution in [0.5, 0.6) is 0 Å². The van der Waals surface area contributed by atoms with Crippen LogP contribution >= 0.6 is 0 Å². The van der Waals surface area contributed by atoms with E-state index in [4.69, 9.17) is 0 Å². The summed E-state index contributed by atoms with van der Waals surface area (Å²) in [4.78, 5) is 19.6. The van der Waals surface area contributed by atoms with Gasteiger partial charge in [0.15, 0.2) is 0 Å². The average Bonchev–Trinajstić information content (AvgIpc) is 3.12. The van der Waals surface area contributed by atoms with E-state index in [1.165, 1.54) is 6.92 Å². The van der Waals surface area contributed by atoms with Crippen LogP contribution in [0.4, 0.5) is 35.1 Å². The zero-order chi connectivity index (χ0) is 29.9. The number of hydrogen-bond acceptors (Lipinski definition) is 5. The highest BCUT2D eigenvalue weighted by atomic mass is 32.2. The van der Waals surface area contributed by atoms with Crippen LogP contribution in [0.15, 0.2) is 51.3 Å². The number of hydrogen-bond donors (Lipinski definition) is 1. The summed E-state index contributed by atoms with van der Waals surface area (Å²) in [6, 6.07) is 0.298. The Kier molecular flexibility index (Phi) is 9.87. The Hall–Kier alpha value is -3.08. The lowest BCUT2D eigenvalue weighted by Gasteiger charge is -2.33. The smallest absolute Gasteiger partial charge is 0.334 e. The Balaban J connectivity index is 2.42. The molecule has 0 bridgehead atoms. The molecule has 17 heteroatoms. The van der Waals surface area contributed by atoms with Gasteiger partial charge in [-0.3, -0.25) is 14.8 Å². The van der Waals surface area contributed by atoms with E-state index in [0.717, 1.165) is 38.4 Å². The molecule has 1 fully saturated rings. The van der Waals surface area contributed by atoms with Crippen molar-refractivity contribution in [3.63, 3.8) is 0 Å². The van der Waals surface area contributed by atoms with Gasteiger partial charge in [-0.05, 0) is 31.2 Å². The molecule has 1 heterocycles. The van der Waals surface area contributed by atoms with Gasteiger partial charge in [0.05, 0.1) is 23.1 Å². The van der Waals surface area contributed by atoms with E-state index in [1.807, 2.05) is 0 Å². The van der Waals surface area contributed by atoms with Crippen molar-refractivity contribution in [2.24, 2.45) is 9.98 Å². The highest BCUT2D eigenvalue weighted by Crippen LogP contribution is 2.33. The zero-order valence-electron chi connectivity index (χ0n) is 20.8. The van der Waals surface area contributed by atoms with Crippen molar-refractivity contribution < 1.29 is 48.3 Å². The van der Waals surface area contributed by atoms with Gasteiger partial charge in [-0.1, -0.05) is 6.58 Å². The van der Waals surface area contributed by atoms with Crippen LogP contribution in [0.3, 0.4) is 0 Å². The van der Waals surface area contributed by atoms with Crippen LogP contribution in [0.2, 0.25) is 0 Å². The lowest BCUT2D eigenvalue weighted by atomic mass is 10.1. The second-order valence-corrected chi connectivity index (χ2v) is 10.3. The summed E-state index contributed by atoms with van der Waals surface area (Å²) in [7, 11) is -2.98. The minimum Gasteiger partial charge on any atom is -0.334 e. The molecule has 0 aliphatic carbocycles. The minimum atomic E-state index is -5.05. The molecule has 4 atom stereocenters. The predicted molar refractivity (Wildman–Crippen MR) is 126 cm³/mol. The number of nitrogens with one attached hydrogen (secondary N) is 1. The van der Waals surface area contributed by atoms with Gasteiger partial charge in [0, 0.05) is 26.7 Å². The van der Waals surface area contributed by atoms with Crippen LogP contribution in [0.1, 0.15) is 13.3 Å². The molecule has 39 heavy (non-hydrogen) atoms. The molecule has 0 spiro atoms. The summed E-state index contributed by atoms with van der Waals surface area (Å²) in [5, 5.41) is 2.11. The van der Waals surface area contributed by atoms with Crippen molar-refractivity contribution in [3.05, 3.63) is 42.2 Å². The zero-order valence-corrected chi connectivity index (χ0v) is 21.6. The Morgan fingerprint density at radius 1 is 1.21 bits per heavy atom. The largest absolute Gasteiger partial charge is 0.449 e. The first-order valence-corrected chi connectivity index (χ1v) is 12.5. The number of alkyl halides is 7. The number of allylic oxidation sites excluding steroid dienone is 1. The number of amidine groups is 1. The molecule has 218 valence electrons. The summed E-state index contributed by atoms with van der Waals surface area (Å²) in [6.07, 6.45) is -14.0. The number of likely N-dealkylation sites (N-methyl/N-ethyl adjacent to an activating group) is 1. The number of carbonyl (C=O) groups excluding carboxylic acids is 1. The molecule has 1 saturated heterocycles. The lowest BCUT2D eigenvalue weighted by molar-refractivity contribution is -0.126. The number of amides is 1. The van der Waals surface area contributed by atoms with Crippen LogP contribution in [0, 0.1) is 5.82 Å². The van der Waals surface area contributed by atoms with Crippen molar-refractivity contribution in [2.45, 2.75) is 55.0 Å². The van der Waals surface area contributed by atoms with Crippen molar-refractivity contribution in [2.75, 3.05) is 20.6 Å². The lowest BCUT2D eigenvalue weighted by Crippen LogP contribution is -2.58. The molecule has 0 radical (unpaired) electrons. The second-order valence-electron chi connectivity index (χ2n) is 8.49. The summed E-state index contributed by atoms with van der Waals surface area (Å²) in [5.74, 6) is -3.54. The molecular formula is C22H25F8N5O3S. The van der Waals surface area contributed by atoms with Gasteiger partial charge in [-0.15, -0.1) is 0 Å². The molecule has 1 aliphatic rings.